The minimum Gasteiger partial charge on any atom is -0.395 e. The summed E-state index contributed by atoms with van der Waals surface area (Å²) >= 11 is 0. The quantitative estimate of drug-likeness (QED) is 0.929. The first-order valence-corrected chi connectivity index (χ1v) is 9.65. The van der Waals surface area contributed by atoms with Gasteiger partial charge < -0.3 is 5.11 Å². The highest BCUT2D eigenvalue weighted by atomic mass is 16.3. The van der Waals surface area contributed by atoms with E-state index >= 15 is 0 Å². The summed E-state index contributed by atoms with van der Waals surface area (Å²) in [5.41, 5.74) is 0.748. The molecule has 2 fully saturated rings. The maximum atomic E-state index is 13.0. The highest BCUT2D eigenvalue weighted by molar-refractivity contribution is 5.77. The Morgan fingerprint density at radius 1 is 1.08 bits per heavy atom. The molecule has 2 aromatic rings. The van der Waals surface area contributed by atoms with Gasteiger partial charge in [-0.3, -0.25) is 14.3 Å². The molecule has 2 aliphatic rings. The van der Waals surface area contributed by atoms with Crippen LogP contribution in [0.25, 0.3) is 10.9 Å². The molecule has 1 saturated heterocycles. The number of likely N-dealkylation sites (tertiary alicyclic amines) is 1. The molecule has 1 aliphatic heterocycles. The number of hydrogen-bond donors (Lipinski definition) is 1. The van der Waals surface area contributed by atoms with Crippen molar-refractivity contribution in [1.82, 2.24) is 14.5 Å². The zero-order valence-corrected chi connectivity index (χ0v) is 14.7. The molecule has 1 aromatic heterocycles. The fourth-order valence-corrected chi connectivity index (χ4v) is 4.67. The molecule has 0 bridgehead atoms. The number of nitrogens with zero attached hydrogens (tertiary/aromatic N) is 3. The zero-order valence-electron chi connectivity index (χ0n) is 14.7. The summed E-state index contributed by atoms with van der Waals surface area (Å²) in [6.45, 7) is 1.38. The van der Waals surface area contributed by atoms with Crippen molar-refractivity contribution in [2.24, 2.45) is 0 Å². The Kier molecular flexibility index (Phi) is 4.86. The van der Waals surface area contributed by atoms with Crippen LogP contribution in [0.15, 0.2) is 29.1 Å². The Bertz CT molecular complexity index is 795. The Morgan fingerprint density at radius 3 is 2.68 bits per heavy atom. The molecule has 1 saturated carbocycles. The maximum Gasteiger partial charge on any atom is 0.261 e. The minimum atomic E-state index is -0.0386. The van der Waals surface area contributed by atoms with Crippen LogP contribution in [0, 0.1) is 0 Å². The van der Waals surface area contributed by atoms with Gasteiger partial charge in [0.15, 0.2) is 0 Å². The van der Waals surface area contributed by atoms with E-state index in [9.17, 15) is 9.90 Å². The molecule has 134 valence electrons. The van der Waals surface area contributed by atoms with E-state index in [2.05, 4.69) is 4.90 Å². The van der Waals surface area contributed by atoms with Gasteiger partial charge in [-0.05, 0) is 44.4 Å². The molecule has 4 rings (SSSR count). The summed E-state index contributed by atoms with van der Waals surface area (Å²) in [7, 11) is 0. The second-order valence-electron chi connectivity index (χ2n) is 7.36. The van der Waals surface area contributed by atoms with Crippen molar-refractivity contribution in [2.75, 3.05) is 13.2 Å². The van der Waals surface area contributed by atoms with Gasteiger partial charge in [0, 0.05) is 6.04 Å². The van der Waals surface area contributed by atoms with Crippen LogP contribution in [0.5, 0.6) is 0 Å². The van der Waals surface area contributed by atoms with E-state index < -0.39 is 0 Å². The summed E-state index contributed by atoms with van der Waals surface area (Å²) in [6.07, 6.45) is 8.68. The smallest absolute Gasteiger partial charge is 0.261 e. The predicted molar refractivity (Wildman–Crippen MR) is 98.6 cm³/mol. The molecular weight excluding hydrogens is 314 g/mol. The number of rotatable bonds is 4. The van der Waals surface area contributed by atoms with E-state index in [1.807, 2.05) is 24.3 Å². The zero-order chi connectivity index (χ0) is 17.2. The second-order valence-corrected chi connectivity index (χ2v) is 7.36. The fraction of sp³-hybridized carbons (Fsp3) is 0.600. The third-order valence-corrected chi connectivity index (χ3v) is 5.85. The van der Waals surface area contributed by atoms with Crippen LogP contribution in [0.4, 0.5) is 0 Å². The van der Waals surface area contributed by atoms with Gasteiger partial charge in [0.25, 0.3) is 5.56 Å². The van der Waals surface area contributed by atoms with Gasteiger partial charge in [-0.2, -0.15) is 0 Å². The average molecular weight is 341 g/mol. The fourth-order valence-electron chi connectivity index (χ4n) is 4.67. The Labute approximate surface area is 148 Å². The Morgan fingerprint density at radius 2 is 1.88 bits per heavy atom. The molecule has 5 heteroatoms. The van der Waals surface area contributed by atoms with Gasteiger partial charge in [-0.1, -0.05) is 31.4 Å². The van der Waals surface area contributed by atoms with Gasteiger partial charge in [0.1, 0.15) is 5.82 Å². The summed E-state index contributed by atoms with van der Waals surface area (Å²) in [6, 6.07) is 8.37. The number of para-hydroxylation sites is 1. The summed E-state index contributed by atoms with van der Waals surface area (Å²) in [5.74, 6) is 0.848. The first kappa shape index (κ1) is 16.7. The van der Waals surface area contributed by atoms with Gasteiger partial charge in [-0.15, -0.1) is 0 Å². The lowest BCUT2D eigenvalue weighted by atomic mass is 9.93. The van der Waals surface area contributed by atoms with Gasteiger partial charge >= 0.3 is 0 Å². The lowest BCUT2D eigenvalue weighted by Gasteiger charge is -2.36. The molecular formula is C20H27N3O2. The average Bonchev–Trinajstić information content (AvgIpc) is 3.14. The molecule has 0 spiro atoms. The van der Waals surface area contributed by atoms with Gasteiger partial charge in [-0.25, -0.2) is 4.98 Å². The van der Waals surface area contributed by atoms with E-state index in [1.54, 1.807) is 4.57 Å². The van der Waals surface area contributed by atoms with Gasteiger partial charge in [0.2, 0.25) is 0 Å². The lowest BCUT2D eigenvalue weighted by Crippen LogP contribution is -2.39. The molecule has 0 amide bonds. The number of benzene rings is 1. The van der Waals surface area contributed by atoms with E-state index in [1.165, 1.54) is 32.1 Å². The molecule has 25 heavy (non-hydrogen) atoms. The van der Waals surface area contributed by atoms with E-state index in [4.69, 9.17) is 4.98 Å². The van der Waals surface area contributed by atoms with Crippen molar-refractivity contribution in [3.63, 3.8) is 0 Å². The number of fused-ring (bicyclic) bond motifs is 1. The molecule has 1 N–H and O–H groups in total. The SMILES string of the molecule is O=c1c2ccccc2nc(C2CCCN2C2CCCCC2)n1CCO. The highest BCUT2D eigenvalue weighted by Crippen LogP contribution is 2.37. The van der Waals surface area contributed by atoms with Crippen molar-refractivity contribution < 1.29 is 5.11 Å². The Balaban J connectivity index is 1.78. The van der Waals surface area contributed by atoms with E-state index in [-0.39, 0.29) is 18.2 Å². The molecule has 1 aliphatic carbocycles. The van der Waals surface area contributed by atoms with Crippen LogP contribution in [-0.2, 0) is 6.54 Å². The molecule has 1 unspecified atom stereocenters. The third kappa shape index (κ3) is 3.11. The van der Waals surface area contributed by atoms with Gasteiger partial charge in [0.05, 0.1) is 30.1 Å². The number of aliphatic hydroxyl groups is 1. The first-order valence-electron chi connectivity index (χ1n) is 9.65. The van der Waals surface area contributed by atoms with Crippen molar-refractivity contribution in [3.05, 3.63) is 40.4 Å². The number of aromatic nitrogens is 2. The van der Waals surface area contributed by atoms with Crippen molar-refractivity contribution >= 4 is 10.9 Å². The first-order chi connectivity index (χ1) is 12.3. The van der Waals surface area contributed by atoms with Crippen molar-refractivity contribution in [3.8, 4) is 0 Å². The second kappa shape index (κ2) is 7.26. The summed E-state index contributed by atoms with van der Waals surface area (Å²) < 4.78 is 1.72. The molecule has 0 radical (unpaired) electrons. The Hall–Kier alpha value is -1.72. The summed E-state index contributed by atoms with van der Waals surface area (Å²) in [4.78, 5) is 20.5. The van der Waals surface area contributed by atoms with Crippen molar-refractivity contribution in [2.45, 2.75) is 63.6 Å². The van der Waals surface area contributed by atoms with Crippen LogP contribution in [0.3, 0.4) is 0 Å². The predicted octanol–water partition coefficient (Wildman–Crippen LogP) is 2.86. The minimum absolute atomic E-state index is 0.0230. The lowest BCUT2D eigenvalue weighted by molar-refractivity contribution is 0.133. The third-order valence-electron chi connectivity index (χ3n) is 5.85. The summed E-state index contributed by atoms with van der Waals surface area (Å²) in [5, 5.41) is 10.1. The molecule has 1 aromatic carbocycles. The van der Waals surface area contributed by atoms with Crippen LogP contribution in [-0.4, -0.2) is 38.8 Å². The number of aliphatic hydroxyl groups excluding tert-OH is 1. The maximum absolute atomic E-state index is 13.0. The van der Waals surface area contributed by atoms with E-state index in [0.717, 1.165) is 30.7 Å². The highest BCUT2D eigenvalue weighted by Gasteiger charge is 2.35. The number of hydrogen-bond acceptors (Lipinski definition) is 4. The monoisotopic (exact) mass is 341 g/mol. The van der Waals surface area contributed by atoms with E-state index in [0.29, 0.717) is 18.0 Å². The largest absolute Gasteiger partial charge is 0.395 e. The standard InChI is InChI=1S/C20H27N3O2/c24-14-13-23-19(21-17-10-5-4-9-16(17)20(23)25)18-11-6-12-22(18)15-7-2-1-3-8-15/h4-5,9-10,15,18,24H,1-3,6-8,11-14H2. The van der Waals surface area contributed by atoms with Crippen LogP contribution in [0.2, 0.25) is 0 Å². The van der Waals surface area contributed by atoms with Crippen LogP contribution >= 0.6 is 0 Å². The molecule has 5 nitrogen and oxygen atoms in total. The van der Waals surface area contributed by atoms with Crippen LogP contribution < -0.4 is 5.56 Å². The molecule has 2 heterocycles. The normalized spacial score (nSPS) is 22.7. The topological polar surface area (TPSA) is 58.4 Å². The van der Waals surface area contributed by atoms with Crippen molar-refractivity contribution in [1.29, 1.82) is 0 Å². The van der Waals surface area contributed by atoms with Crippen LogP contribution in [0.1, 0.15) is 56.8 Å². The molecule has 1 atom stereocenters.